The summed E-state index contributed by atoms with van der Waals surface area (Å²) in [7, 11) is 5.74. The maximum absolute atomic E-state index is 14.0. The van der Waals surface area contributed by atoms with Crippen molar-refractivity contribution in [3.8, 4) is 5.75 Å². The van der Waals surface area contributed by atoms with Crippen LogP contribution >= 0.6 is 0 Å². The Morgan fingerprint density at radius 1 is 1.33 bits per heavy atom. The van der Waals surface area contributed by atoms with Crippen molar-refractivity contribution < 1.29 is 9.13 Å². The second kappa shape index (κ2) is 4.90. The fourth-order valence-corrected chi connectivity index (χ4v) is 3.08. The van der Waals surface area contributed by atoms with Crippen LogP contribution in [0.5, 0.6) is 5.75 Å². The van der Waals surface area contributed by atoms with E-state index in [1.54, 1.807) is 6.07 Å². The maximum atomic E-state index is 14.0. The number of hydrogen-bond acceptors (Lipinski definition) is 3. The molecule has 0 bridgehead atoms. The lowest BCUT2D eigenvalue weighted by Gasteiger charge is -2.28. The molecule has 3 rings (SSSR count). The molecule has 0 aromatic carbocycles. The highest BCUT2D eigenvalue weighted by Crippen LogP contribution is 2.52. The van der Waals surface area contributed by atoms with E-state index >= 15 is 0 Å². The SMILES string of the molecule is [B]c1cnc(N)c(OC2(C3=C(C)CCC(F)=C3C)CC2)c1. The number of hydrogen-bond donors (Lipinski definition) is 1. The molecular weight excluding hydrogens is 266 g/mol. The number of ether oxygens (including phenoxy) is 1. The summed E-state index contributed by atoms with van der Waals surface area (Å²) in [6.45, 7) is 3.88. The van der Waals surface area contributed by atoms with Gasteiger partial charge >= 0.3 is 0 Å². The fourth-order valence-electron chi connectivity index (χ4n) is 3.08. The largest absolute Gasteiger partial charge is 0.479 e. The highest BCUT2D eigenvalue weighted by atomic mass is 19.1. The number of anilines is 1. The predicted molar refractivity (Wildman–Crippen MR) is 82.4 cm³/mol. The Labute approximate surface area is 125 Å². The lowest BCUT2D eigenvalue weighted by molar-refractivity contribution is 0.217. The summed E-state index contributed by atoms with van der Waals surface area (Å²) < 4.78 is 20.1. The van der Waals surface area contributed by atoms with E-state index in [0.29, 0.717) is 29.0 Å². The molecule has 2 N–H and O–H groups in total. The van der Waals surface area contributed by atoms with Gasteiger partial charge in [-0.05, 0) is 50.3 Å². The molecule has 2 radical (unpaired) electrons. The van der Waals surface area contributed by atoms with Crippen LogP contribution in [0.2, 0.25) is 0 Å². The molecule has 1 fully saturated rings. The summed E-state index contributed by atoms with van der Waals surface area (Å²) in [6.07, 6.45) is 4.45. The number of nitrogens with two attached hydrogens (primary N) is 1. The van der Waals surface area contributed by atoms with Gasteiger partial charge in [-0.1, -0.05) is 11.0 Å². The van der Waals surface area contributed by atoms with E-state index in [9.17, 15) is 4.39 Å². The molecule has 1 saturated carbocycles. The topological polar surface area (TPSA) is 48.1 Å². The van der Waals surface area contributed by atoms with Gasteiger partial charge in [-0.15, -0.1) is 0 Å². The van der Waals surface area contributed by atoms with E-state index in [1.165, 1.54) is 11.8 Å². The van der Waals surface area contributed by atoms with Crippen LogP contribution in [0.1, 0.15) is 39.5 Å². The van der Waals surface area contributed by atoms with Crippen molar-refractivity contribution in [3.05, 3.63) is 34.8 Å². The van der Waals surface area contributed by atoms with Crippen molar-refractivity contribution in [1.82, 2.24) is 4.98 Å². The molecule has 0 unspecified atom stereocenters. The van der Waals surface area contributed by atoms with E-state index in [0.717, 1.165) is 24.8 Å². The van der Waals surface area contributed by atoms with E-state index < -0.39 is 5.60 Å². The van der Waals surface area contributed by atoms with Crippen LogP contribution in [0, 0.1) is 0 Å². The third kappa shape index (κ3) is 2.45. The summed E-state index contributed by atoms with van der Waals surface area (Å²) in [5.74, 6) is 0.752. The average Bonchev–Trinajstić information content (AvgIpc) is 3.19. The minimum atomic E-state index is -0.463. The highest BCUT2D eigenvalue weighted by Gasteiger charge is 2.51. The van der Waals surface area contributed by atoms with Gasteiger partial charge < -0.3 is 10.5 Å². The molecule has 0 atom stereocenters. The Kier molecular flexibility index (Phi) is 3.31. The first-order valence-corrected chi connectivity index (χ1v) is 7.19. The minimum Gasteiger partial charge on any atom is -0.479 e. The molecule has 2 aliphatic rings. The number of pyridine rings is 1. The van der Waals surface area contributed by atoms with Gasteiger partial charge in [-0.3, -0.25) is 0 Å². The van der Waals surface area contributed by atoms with E-state index in [2.05, 4.69) is 11.9 Å². The molecular formula is C16H18BFN2O. The molecule has 3 nitrogen and oxygen atoms in total. The Morgan fingerprint density at radius 2 is 2.05 bits per heavy atom. The number of aromatic nitrogens is 1. The lowest BCUT2D eigenvalue weighted by atomic mass is 9.87. The van der Waals surface area contributed by atoms with Crippen molar-refractivity contribution in [1.29, 1.82) is 0 Å². The molecule has 1 aromatic heterocycles. The van der Waals surface area contributed by atoms with Crippen molar-refractivity contribution in [2.24, 2.45) is 0 Å². The Morgan fingerprint density at radius 3 is 2.71 bits per heavy atom. The quantitative estimate of drug-likeness (QED) is 0.868. The zero-order valence-electron chi connectivity index (χ0n) is 12.4. The highest BCUT2D eigenvalue weighted by molar-refractivity contribution is 6.32. The van der Waals surface area contributed by atoms with Crippen molar-refractivity contribution in [2.45, 2.75) is 45.1 Å². The number of allylic oxidation sites excluding steroid dienone is 2. The molecule has 1 aromatic rings. The summed E-state index contributed by atoms with van der Waals surface area (Å²) in [5.41, 5.74) is 8.80. The van der Waals surface area contributed by atoms with Crippen LogP contribution in [0.3, 0.4) is 0 Å². The molecule has 1 heterocycles. The Balaban J connectivity index is 1.97. The summed E-state index contributed by atoms with van der Waals surface area (Å²) >= 11 is 0. The zero-order chi connectivity index (χ0) is 15.2. The Bertz CT molecular complexity index is 662. The van der Waals surface area contributed by atoms with E-state index in [4.69, 9.17) is 18.3 Å². The summed E-state index contributed by atoms with van der Waals surface area (Å²) in [4.78, 5) is 4.01. The van der Waals surface area contributed by atoms with Gasteiger partial charge in [-0.2, -0.15) is 0 Å². The smallest absolute Gasteiger partial charge is 0.166 e. The first-order valence-electron chi connectivity index (χ1n) is 7.19. The first-order chi connectivity index (χ1) is 9.93. The van der Waals surface area contributed by atoms with Crippen LogP contribution < -0.4 is 15.9 Å². The minimum absolute atomic E-state index is 0.0378. The molecule has 0 aliphatic heterocycles. The van der Waals surface area contributed by atoms with Crippen molar-refractivity contribution in [2.75, 3.05) is 5.73 Å². The van der Waals surface area contributed by atoms with Gasteiger partial charge in [0, 0.05) is 12.6 Å². The maximum Gasteiger partial charge on any atom is 0.166 e. The van der Waals surface area contributed by atoms with Gasteiger partial charge in [0.15, 0.2) is 11.6 Å². The molecule has 0 spiro atoms. The van der Waals surface area contributed by atoms with Gasteiger partial charge in [0.2, 0.25) is 0 Å². The third-order valence-corrected chi connectivity index (χ3v) is 4.30. The van der Waals surface area contributed by atoms with Gasteiger partial charge in [0.05, 0.1) is 0 Å². The molecule has 0 saturated heterocycles. The van der Waals surface area contributed by atoms with E-state index in [-0.39, 0.29) is 5.83 Å². The third-order valence-electron chi connectivity index (χ3n) is 4.30. The number of rotatable bonds is 3. The molecule has 0 amide bonds. The van der Waals surface area contributed by atoms with Gasteiger partial charge in [0.1, 0.15) is 19.3 Å². The van der Waals surface area contributed by atoms with Crippen molar-refractivity contribution >= 4 is 19.1 Å². The standard InChI is InChI=1S/C16H18BFN2O/c1-9-3-4-12(18)10(2)14(9)16(5-6-16)21-13-7-11(17)8-20-15(13)19/h7-8H,3-6H2,1-2H3,(H2,19,20). The monoisotopic (exact) mass is 284 g/mol. The molecule has 21 heavy (non-hydrogen) atoms. The average molecular weight is 284 g/mol. The van der Waals surface area contributed by atoms with Crippen LogP contribution in [-0.2, 0) is 0 Å². The van der Waals surface area contributed by atoms with E-state index in [1.807, 2.05) is 6.92 Å². The van der Waals surface area contributed by atoms with Gasteiger partial charge in [0.25, 0.3) is 0 Å². The van der Waals surface area contributed by atoms with Crippen molar-refractivity contribution in [3.63, 3.8) is 0 Å². The summed E-state index contributed by atoms with van der Waals surface area (Å²) in [6, 6.07) is 1.68. The zero-order valence-corrected chi connectivity index (χ0v) is 12.4. The predicted octanol–water partition coefficient (Wildman–Crippen LogP) is 2.72. The normalized spacial score (nSPS) is 20.7. The van der Waals surface area contributed by atoms with Crippen LogP contribution in [-0.4, -0.2) is 18.4 Å². The van der Waals surface area contributed by atoms with Gasteiger partial charge in [-0.25, -0.2) is 9.37 Å². The molecule has 5 heteroatoms. The van der Waals surface area contributed by atoms with Crippen LogP contribution in [0.4, 0.5) is 10.2 Å². The second-order valence-corrected chi connectivity index (χ2v) is 5.93. The van der Waals surface area contributed by atoms with Crippen LogP contribution in [0.15, 0.2) is 34.8 Å². The Hall–Kier alpha value is -1.78. The first kappa shape index (κ1) is 14.2. The number of halogens is 1. The second-order valence-electron chi connectivity index (χ2n) is 5.93. The molecule has 108 valence electrons. The lowest BCUT2D eigenvalue weighted by Crippen LogP contribution is -2.26. The molecule has 2 aliphatic carbocycles. The summed E-state index contributed by atoms with van der Waals surface area (Å²) in [5, 5.41) is 0. The number of nitrogen functional groups attached to an aromatic ring is 1. The van der Waals surface area contributed by atoms with Crippen LogP contribution in [0.25, 0.3) is 0 Å². The fraction of sp³-hybridized carbons (Fsp3) is 0.438. The number of nitrogens with zero attached hydrogens (tertiary/aromatic N) is 1.